The number of rotatable bonds is 6. The first-order chi connectivity index (χ1) is 9.61. The average Bonchev–Trinajstić information content (AvgIpc) is 2.88. The van der Waals surface area contributed by atoms with Crippen molar-refractivity contribution >= 4 is 11.3 Å². The van der Waals surface area contributed by atoms with Gasteiger partial charge in [-0.1, -0.05) is 19.1 Å². The summed E-state index contributed by atoms with van der Waals surface area (Å²) in [4.78, 5) is 4.50. The van der Waals surface area contributed by atoms with E-state index in [0.717, 1.165) is 12.2 Å². The van der Waals surface area contributed by atoms with E-state index in [1.165, 1.54) is 17.4 Å². The van der Waals surface area contributed by atoms with Crippen molar-refractivity contribution in [3.8, 4) is 16.3 Å². The third kappa shape index (κ3) is 3.52. The summed E-state index contributed by atoms with van der Waals surface area (Å²) >= 11 is 1.42. The summed E-state index contributed by atoms with van der Waals surface area (Å²) in [6.07, 6.45) is 0. The van der Waals surface area contributed by atoms with Crippen molar-refractivity contribution in [1.82, 2.24) is 10.3 Å². The van der Waals surface area contributed by atoms with Gasteiger partial charge in [-0.15, -0.1) is 11.3 Å². The Labute approximate surface area is 120 Å². The van der Waals surface area contributed by atoms with E-state index < -0.39 is 6.61 Å². The van der Waals surface area contributed by atoms with Crippen molar-refractivity contribution in [1.29, 1.82) is 0 Å². The molecule has 0 fully saturated rings. The molecular weight excluding hydrogens is 282 g/mol. The number of alkyl halides is 2. The molecule has 1 N–H and O–H groups in total. The Kier molecular flexibility index (Phi) is 5.03. The highest BCUT2D eigenvalue weighted by molar-refractivity contribution is 7.13. The molecule has 0 amide bonds. The number of nitrogens with zero attached hydrogens (tertiary/aromatic N) is 1. The highest BCUT2D eigenvalue weighted by atomic mass is 32.1. The standard InChI is InChI=1S/C14H16F2N2OS/c1-3-17-9(2)11-8-20-13(18-11)10-6-4-5-7-12(10)19-14(15)16/h4-9,14,17H,3H2,1-2H3. The number of hydrogen-bond acceptors (Lipinski definition) is 4. The number of halogens is 2. The third-order valence-corrected chi connectivity index (χ3v) is 3.70. The molecule has 1 unspecified atom stereocenters. The summed E-state index contributed by atoms with van der Waals surface area (Å²) in [5.74, 6) is 0.152. The third-order valence-electron chi connectivity index (χ3n) is 2.81. The van der Waals surface area contributed by atoms with E-state index in [-0.39, 0.29) is 11.8 Å². The van der Waals surface area contributed by atoms with Gasteiger partial charge in [0.2, 0.25) is 0 Å². The van der Waals surface area contributed by atoms with Crippen molar-refractivity contribution in [2.24, 2.45) is 0 Å². The van der Waals surface area contributed by atoms with Gasteiger partial charge in [0.15, 0.2) is 0 Å². The molecule has 0 aliphatic heterocycles. The lowest BCUT2D eigenvalue weighted by molar-refractivity contribution is -0.0494. The molecule has 1 atom stereocenters. The van der Waals surface area contributed by atoms with Crippen LogP contribution in [0.3, 0.4) is 0 Å². The number of para-hydroxylation sites is 1. The SMILES string of the molecule is CCNC(C)c1csc(-c2ccccc2OC(F)F)n1. The number of ether oxygens (including phenoxy) is 1. The predicted molar refractivity (Wildman–Crippen MR) is 76.3 cm³/mol. The van der Waals surface area contributed by atoms with Crippen molar-refractivity contribution in [3.05, 3.63) is 35.3 Å². The van der Waals surface area contributed by atoms with E-state index in [2.05, 4.69) is 15.0 Å². The lowest BCUT2D eigenvalue weighted by Crippen LogP contribution is -2.17. The summed E-state index contributed by atoms with van der Waals surface area (Å²) < 4.78 is 29.3. The summed E-state index contributed by atoms with van der Waals surface area (Å²) in [6.45, 7) is 2.05. The molecule has 0 saturated carbocycles. The van der Waals surface area contributed by atoms with E-state index in [9.17, 15) is 8.78 Å². The molecule has 1 heterocycles. The molecule has 0 aliphatic carbocycles. The normalized spacial score (nSPS) is 12.7. The van der Waals surface area contributed by atoms with Crippen LogP contribution in [0.25, 0.3) is 10.6 Å². The maximum atomic E-state index is 12.4. The fourth-order valence-corrected chi connectivity index (χ4v) is 2.80. The first-order valence-electron chi connectivity index (χ1n) is 6.34. The van der Waals surface area contributed by atoms with Gasteiger partial charge in [-0.05, 0) is 25.6 Å². The van der Waals surface area contributed by atoms with Crippen LogP contribution >= 0.6 is 11.3 Å². The zero-order valence-corrected chi connectivity index (χ0v) is 12.1. The molecule has 0 bridgehead atoms. The smallest absolute Gasteiger partial charge is 0.387 e. The van der Waals surface area contributed by atoms with Crippen LogP contribution in [0.4, 0.5) is 8.78 Å². The number of hydrogen-bond donors (Lipinski definition) is 1. The van der Waals surface area contributed by atoms with Crippen molar-refractivity contribution in [3.63, 3.8) is 0 Å². The van der Waals surface area contributed by atoms with Crippen LogP contribution in [-0.4, -0.2) is 18.1 Å². The lowest BCUT2D eigenvalue weighted by atomic mass is 10.2. The maximum absolute atomic E-state index is 12.4. The molecule has 0 aliphatic rings. The van der Waals surface area contributed by atoms with Gasteiger partial charge in [0.1, 0.15) is 10.8 Å². The van der Waals surface area contributed by atoms with Crippen molar-refractivity contribution in [2.75, 3.05) is 6.54 Å². The fourth-order valence-electron chi connectivity index (χ4n) is 1.86. The largest absolute Gasteiger partial charge is 0.434 e. The van der Waals surface area contributed by atoms with E-state index in [1.807, 2.05) is 19.2 Å². The molecule has 0 saturated heterocycles. The van der Waals surface area contributed by atoms with Gasteiger partial charge in [-0.2, -0.15) is 8.78 Å². The Hall–Kier alpha value is -1.53. The van der Waals surface area contributed by atoms with Gasteiger partial charge in [0, 0.05) is 11.4 Å². The van der Waals surface area contributed by atoms with Gasteiger partial charge in [-0.25, -0.2) is 4.98 Å². The number of benzene rings is 1. The first kappa shape index (κ1) is 14.9. The molecule has 108 valence electrons. The van der Waals surface area contributed by atoms with Crippen LogP contribution in [0.15, 0.2) is 29.6 Å². The van der Waals surface area contributed by atoms with Crippen LogP contribution in [0.1, 0.15) is 25.6 Å². The molecule has 0 radical (unpaired) electrons. The Bertz CT molecular complexity index is 560. The van der Waals surface area contributed by atoms with E-state index in [4.69, 9.17) is 0 Å². The van der Waals surface area contributed by atoms with Gasteiger partial charge in [-0.3, -0.25) is 0 Å². The number of thiazole rings is 1. The minimum absolute atomic E-state index is 0.133. The second kappa shape index (κ2) is 6.76. The quantitative estimate of drug-likeness (QED) is 0.872. The molecule has 1 aromatic carbocycles. The summed E-state index contributed by atoms with van der Waals surface area (Å²) in [5.41, 5.74) is 1.49. The van der Waals surface area contributed by atoms with Crippen LogP contribution in [0, 0.1) is 0 Å². The Morgan fingerprint density at radius 3 is 2.80 bits per heavy atom. The Balaban J connectivity index is 2.28. The minimum Gasteiger partial charge on any atom is -0.434 e. The lowest BCUT2D eigenvalue weighted by Gasteiger charge is -2.09. The van der Waals surface area contributed by atoms with E-state index in [0.29, 0.717) is 10.6 Å². The summed E-state index contributed by atoms with van der Waals surface area (Å²) in [5, 5.41) is 5.88. The summed E-state index contributed by atoms with van der Waals surface area (Å²) in [6, 6.07) is 6.83. The minimum atomic E-state index is -2.84. The molecule has 0 spiro atoms. The Morgan fingerprint density at radius 1 is 1.35 bits per heavy atom. The van der Waals surface area contributed by atoms with Crippen LogP contribution < -0.4 is 10.1 Å². The van der Waals surface area contributed by atoms with Gasteiger partial charge in [0.05, 0.1) is 11.3 Å². The highest BCUT2D eigenvalue weighted by Gasteiger charge is 2.15. The van der Waals surface area contributed by atoms with Crippen LogP contribution in [-0.2, 0) is 0 Å². The van der Waals surface area contributed by atoms with Crippen LogP contribution in [0.5, 0.6) is 5.75 Å². The van der Waals surface area contributed by atoms with Crippen molar-refractivity contribution < 1.29 is 13.5 Å². The summed E-state index contributed by atoms with van der Waals surface area (Å²) in [7, 11) is 0. The second-order valence-corrected chi connectivity index (χ2v) is 5.09. The number of nitrogens with one attached hydrogen (secondary N) is 1. The van der Waals surface area contributed by atoms with Gasteiger partial charge >= 0.3 is 6.61 Å². The average molecular weight is 298 g/mol. The van der Waals surface area contributed by atoms with Gasteiger partial charge < -0.3 is 10.1 Å². The first-order valence-corrected chi connectivity index (χ1v) is 7.22. The maximum Gasteiger partial charge on any atom is 0.387 e. The topological polar surface area (TPSA) is 34.1 Å². The molecule has 2 aromatic rings. The number of aromatic nitrogens is 1. The molecule has 3 nitrogen and oxygen atoms in total. The molecule has 20 heavy (non-hydrogen) atoms. The molecule has 1 aromatic heterocycles. The van der Waals surface area contributed by atoms with Gasteiger partial charge in [0.25, 0.3) is 0 Å². The fraction of sp³-hybridized carbons (Fsp3) is 0.357. The predicted octanol–water partition coefficient (Wildman–Crippen LogP) is 4.08. The van der Waals surface area contributed by atoms with E-state index in [1.54, 1.807) is 18.2 Å². The second-order valence-electron chi connectivity index (χ2n) is 4.23. The molecular formula is C14H16F2N2OS. The molecule has 6 heteroatoms. The van der Waals surface area contributed by atoms with Crippen molar-refractivity contribution in [2.45, 2.75) is 26.5 Å². The zero-order chi connectivity index (χ0) is 14.5. The monoisotopic (exact) mass is 298 g/mol. The highest BCUT2D eigenvalue weighted by Crippen LogP contribution is 2.33. The van der Waals surface area contributed by atoms with E-state index >= 15 is 0 Å². The van der Waals surface area contributed by atoms with Crippen LogP contribution in [0.2, 0.25) is 0 Å². The molecule has 2 rings (SSSR count). The zero-order valence-electron chi connectivity index (χ0n) is 11.3. The Morgan fingerprint density at radius 2 is 2.10 bits per heavy atom.